The highest BCUT2D eigenvalue weighted by molar-refractivity contribution is 5.78. The second kappa shape index (κ2) is 6.65. The average molecular weight is 274 g/mol. The monoisotopic (exact) mass is 274 g/mol. The Morgan fingerprint density at radius 2 is 2.15 bits per heavy atom. The molecule has 0 radical (unpaired) electrons. The normalized spacial score (nSPS) is 10.1. The first-order valence-electron chi connectivity index (χ1n) is 6.18. The van der Waals surface area contributed by atoms with Crippen molar-refractivity contribution in [2.75, 3.05) is 7.11 Å². The van der Waals surface area contributed by atoms with Gasteiger partial charge in [0.1, 0.15) is 5.82 Å². The van der Waals surface area contributed by atoms with Gasteiger partial charge in [0.05, 0.1) is 13.5 Å². The summed E-state index contributed by atoms with van der Waals surface area (Å²) in [6.45, 7) is 0.353. The van der Waals surface area contributed by atoms with Gasteiger partial charge in [0.25, 0.3) is 0 Å². The number of hydrogen-bond acceptors (Lipinski definition) is 3. The molecule has 1 aromatic heterocycles. The van der Waals surface area contributed by atoms with Gasteiger partial charge >= 0.3 is 0 Å². The molecule has 1 N–H and O–H groups in total. The lowest BCUT2D eigenvalue weighted by Gasteiger charge is -2.07. The van der Waals surface area contributed by atoms with Crippen molar-refractivity contribution in [3.63, 3.8) is 0 Å². The maximum absolute atomic E-state index is 13.4. The molecule has 0 spiro atoms. The number of nitrogens with one attached hydrogen (secondary N) is 1. The van der Waals surface area contributed by atoms with E-state index in [4.69, 9.17) is 4.74 Å². The summed E-state index contributed by atoms with van der Waals surface area (Å²) in [6.07, 6.45) is 1.63. The first-order chi connectivity index (χ1) is 9.69. The summed E-state index contributed by atoms with van der Waals surface area (Å²) in [7, 11) is 1.53. The van der Waals surface area contributed by atoms with Crippen LogP contribution >= 0.6 is 0 Å². The van der Waals surface area contributed by atoms with E-state index in [0.29, 0.717) is 18.0 Å². The number of aromatic nitrogens is 1. The van der Waals surface area contributed by atoms with E-state index in [1.54, 1.807) is 36.5 Å². The van der Waals surface area contributed by atoms with Gasteiger partial charge in [-0.1, -0.05) is 18.2 Å². The van der Waals surface area contributed by atoms with Crippen molar-refractivity contribution in [1.82, 2.24) is 10.3 Å². The predicted octanol–water partition coefficient (Wildman–Crippen LogP) is 2.09. The molecule has 2 rings (SSSR count). The van der Waals surface area contributed by atoms with Gasteiger partial charge in [-0.05, 0) is 23.3 Å². The fourth-order valence-corrected chi connectivity index (χ4v) is 1.75. The predicted molar refractivity (Wildman–Crippen MR) is 72.7 cm³/mol. The number of carbonyl (C=O) groups excluding carboxylic acids is 1. The summed E-state index contributed by atoms with van der Waals surface area (Å²) in [5.74, 6) is -0.107. The SMILES string of the molecule is COc1cc(CNC(=O)Cc2ccccc2F)ccn1. The zero-order valence-electron chi connectivity index (χ0n) is 11.1. The minimum absolute atomic E-state index is 0.0227. The van der Waals surface area contributed by atoms with Crippen LogP contribution in [0, 0.1) is 5.82 Å². The molecule has 1 aromatic carbocycles. The maximum atomic E-state index is 13.4. The Labute approximate surface area is 116 Å². The number of benzene rings is 1. The molecular formula is C15H15FN2O2. The topological polar surface area (TPSA) is 51.2 Å². The van der Waals surface area contributed by atoms with Crippen molar-refractivity contribution < 1.29 is 13.9 Å². The fraction of sp³-hybridized carbons (Fsp3) is 0.200. The summed E-state index contributed by atoms with van der Waals surface area (Å²) >= 11 is 0. The maximum Gasteiger partial charge on any atom is 0.224 e. The van der Waals surface area contributed by atoms with Gasteiger partial charge in [-0.15, -0.1) is 0 Å². The first-order valence-corrected chi connectivity index (χ1v) is 6.18. The minimum Gasteiger partial charge on any atom is -0.481 e. The Bertz CT molecular complexity index is 602. The largest absolute Gasteiger partial charge is 0.481 e. The lowest BCUT2D eigenvalue weighted by Crippen LogP contribution is -2.24. The Morgan fingerprint density at radius 1 is 1.35 bits per heavy atom. The van der Waals surface area contributed by atoms with Crippen LogP contribution in [0.25, 0.3) is 0 Å². The summed E-state index contributed by atoms with van der Waals surface area (Å²) in [6, 6.07) is 9.77. The van der Waals surface area contributed by atoms with E-state index >= 15 is 0 Å². The quantitative estimate of drug-likeness (QED) is 0.908. The van der Waals surface area contributed by atoms with Crippen molar-refractivity contribution in [2.45, 2.75) is 13.0 Å². The lowest BCUT2D eigenvalue weighted by molar-refractivity contribution is -0.120. The minimum atomic E-state index is -0.367. The van der Waals surface area contributed by atoms with Crippen molar-refractivity contribution in [3.05, 3.63) is 59.5 Å². The number of rotatable bonds is 5. The highest BCUT2D eigenvalue weighted by Crippen LogP contribution is 2.09. The molecule has 0 atom stereocenters. The smallest absolute Gasteiger partial charge is 0.224 e. The van der Waals surface area contributed by atoms with Gasteiger partial charge < -0.3 is 10.1 Å². The average Bonchev–Trinajstić information content (AvgIpc) is 2.48. The van der Waals surface area contributed by atoms with Gasteiger partial charge in [0, 0.05) is 18.8 Å². The van der Waals surface area contributed by atoms with Crippen molar-refractivity contribution >= 4 is 5.91 Å². The number of halogens is 1. The number of amides is 1. The van der Waals surface area contributed by atoms with Crippen LogP contribution in [0.5, 0.6) is 5.88 Å². The Kier molecular flexibility index (Phi) is 4.65. The second-order valence-corrected chi connectivity index (χ2v) is 4.25. The van der Waals surface area contributed by atoms with Crippen LogP contribution < -0.4 is 10.1 Å². The molecule has 4 nitrogen and oxygen atoms in total. The summed E-state index contributed by atoms with van der Waals surface area (Å²) in [5, 5.41) is 2.74. The standard InChI is InChI=1S/C15H15FN2O2/c1-20-15-8-11(6-7-17-15)10-18-14(19)9-12-4-2-3-5-13(12)16/h2-8H,9-10H2,1H3,(H,18,19). The van der Waals surface area contributed by atoms with E-state index in [-0.39, 0.29) is 18.1 Å². The Balaban J connectivity index is 1.90. The van der Waals surface area contributed by atoms with Gasteiger partial charge in [0.15, 0.2) is 0 Å². The summed E-state index contributed by atoms with van der Waals surface area (Å²) in [5.41, 5.74) is 1.26. The van der Waals surface area contributed by atoms with E-state index in [1.165, 1.54) is 13.2 Å². The van der Waals surface area contributed by atoms with Crippen molar-refractivity contribution in [2.24, 2.45) is 0 Å². The van der Waals surface area contributed by atoms with E-state index in [0.717, 1.165) is 5.56 Å². The second-order valence-electron chi connectivity index (χ2n) is 4.25. The van der Waals surface area contributed by atoms with Crippen LogP contribution in [0.4, 0.5) is 4.39 Å². The number of methoxy groups -OCH3 is 1. The molecule has 0 aliphatic carbocycles. The third-order valence-electron chi connectivity index (χ3n) is 2.81. The van der Waals surface area contributed by atoms with E-state index in [9.17, 15) is 9.18 Å². The van der Waals surface area contributed by atoms with Gasteiger partial charge in [0.2, 0.25) is 11.8 Å². The van der Waals surface area contributed by atoms with E-state index in [1.807, 2.05) is 0 Å². The van der Waals surface area contributed by atoms with Crippen LogP contribution in [-0.2, 0) is 17.8 Å². The number of ether oxygens (including phenoxy) is 1. The third-order valence-corrected chi connectivity index (χ3v) is 2.81. The number of nitrogens with zero attached hydrogens (tertiary/aromatic N) is 1. The van der Waals surface area contributed by atoms with Crippen LogP contribution in [0.3, 0.4) is 0 Å². The third kappa shape index (κ3) is 3.78. The molecular weight excluding hydrogens is 259 g/mol. The van der Waals surface area contributed by atoms with Gasteiger partial charge in [-0.2, -0.15) is 0 Å². The molecule has 104 valence electrons. The zero-order chi connectivity index (χ0) is 14.4. The van der Waals surface area contributed by atoms with Crippen molar-refractivity contribution in [1.29, 1.82) is 0 Å². The molecule has 5 heteroatoms. The van der Waals surface area contributed by atoms with Crippen LogP contribution in [-0.4, -0.2) is 18.0 Å². The molecule has 1 amide bonds. The van der Waals surface area contributed by atoms with Gasteiger partial charge in [-0.25, -0.2) is 9.37 Å². The van der Waals surface area contributed by atoms with Crippen LogP contribution in [0.15, 0.2) is 42.6 Å². The van der Waals surface area contributed by atoms with Crippen LogP contribution in [0.1, 0.15) is 11.1 Å². The number of carbonyl (C=O) groups is 1. The fourth-order valence-electron chi connectivity index (χ4n) is 1.75. The van der Waals surface area contributed by atoms with E-state index < -0.39 is 0 Å². The first kappa shape index (κ1) is 14.0. The molecule has 0 bridgehead atoms. The van der Waals surface area contributed by atoms with Crippen molar-refractivity contribution in [3.8, 4) is 5.88 Å². The molecule has 0 aliphatic heterocycles. The van der Waals surface area contributed by atoms with Gasteiger partial charge in [-0.3, -0.25) is 4.79 Å². The number of hydrogen-bond donors (Lipinski definition) is 1. The summed E-state index contributed by atoms with van der Waals surface area (Å²) < 4.78 is 18.4. The summed E-state index contributed by atoms with van der Waals surface area (Å²) in [4.78, 5) is 15.7. The lowest BCUT2D eigenvalue weighted by atomic mass is 10.1. The molecule has 0 saturated carbocycles. The molecule has 2 aromatic rings. The highest BCUT2D eigenvalue weighted by atomic mass is 19.1. The Hall–Kier alpha value is -2.43. The molecule has 0 aliphatic rings. The highest BCUT2D eigenvalue weighted by Gasteiger charge is 2.07. The molecule has 0 unspecified atom stereocenters. The molecule has 20 heavy (non-hydrogen) atoms. The zero-order valence-corrected chi connectivity index (χ0v) is 11.1. The van der Waals surface area contributed by atoms with E-state index in [2.05, 4.69) is 10.3 Å². The Morgan fingerprint density at radius 3 is 2.90 bits per heavy atom. The molecule has 0 saturated heterocycles. The molecule has 0 fully saturated rings. The molecule has 1 heterocycles. The van der Waals surface area contributed by atoms with Crippen LogP contribution in [0.2, 0.25) is 0 Å². The number of pyridine rings is 1.